The molecular weight excluding hydrogens is 277 g/mol. The van der Waals surface area contributed by atoms with Crippen LogP contribution >= 0.6 is 0 Å². The fourth-order valence-corrected chi connectivity index (χ4v) is 2.84. The van der Waals surface area contributed by atoms with Gasteiger partial charge in [-0.1, -0.05) is 6.92 Å². The Morgan fingerprint density at radius 1 is 1.19 bits per heavy atom. The van der Waals surface area contributed by atoms with E-state index in [1.807, 2.05) is 0 Å². The molecule has 118 valence electrons. The largest absolute Gasteiger partial charge is 0.416 e. The minimum Gasteiger partial charge on any atom is -0.367 e. The lowest BCUT2D eigenvalue weighted by molar-refractivity contribution is -0.137. The van der Waals surface area contributed by atoms with Crippen molar-refractivity contribution in [1.82, 2.24) is 5.32 Å². The zero-order valence-electron chi connectivity index (χ0n) is 12.4. The molecule has 1 fully saturated rings. The predicted octanol–water partition coefficient (Wildman–Crippen LogP) is 4.06. The van der Waals surface area contributed by atoms with Gasteiger partial charge in [0.05, 0.1) is 5.56 Å². The van der Waals surface area contributed by atoms with Crippen molar-refractivity contribution in [2.24, 2.45) is 0 Å². The van der Waals surface area contributed by atoms with Crippen molar-refractivity contribution in [2.75, 3.05) is 24.5 Å². The van der Waals surface area contributed by atoms with E-state index < -0.39 is 11.7 Å². The molecule has 2 rings (SSSR count). The fraction of sp³-hybridized carbons (Fsp3) is 0.625. The van der Waals surface area contributed by atoms with Crippen LogP contribution < -0.4 is 10.2 Å². The molecule has 0 saturated carbocycles. The van der Waals surface area contributed by atoms with Crippen LogP contribution in [0.5, 0.6) is 0 Å². The molecule has 1 unspecified atom stereocenters. The van der Waals surface area contributed by atoms with Crippen LogP contribution in [0.1, 0.15) is 38.2 Å². The first-order valence-electron chi connectivity index (χ1n) is 7.67. The molecule has 0 aromatic heterocycles. The van der Waals surface area contributed by atoms with Crippen LogP contribution in [0.15, 0.2) is 24.3 Å². The SMILES string of the molecule is CCCNCC1CCCCN1c1ccc(C(F)(F)F)cc1. The van der Waals surface area contributed by atoms with Crippen LogP contribution in [-0.4, -0.2) is 25.7 Å². The summed E-state index contributed by atoms with van der Waals surface area (Å²) < 4.78 is 37.9. The van der Waals surface area contributed by atoms with Gasteiger partial charge in [-0.3, -0.25) is 0 Å². The molecule has 5 heteroatoms. The molecule has 1 aromatic carbocycles. The summed E-state index contributed by atoms with van der Waals surface area (Å²) in [5, 5.41) is 3.42. The Morgan fingerprint density at radius 3 is 2.52 bits per heavy atom. The standard InChI is InChI=1S/C16H23F3N2/c1-2-10-20-12-15-5-3-4-11-21(15)14-8-6-13(7-9-14)16(17,18)19/h6-9,15,20H,2-5,10-12H2,1H3. The second kappa shape index (κ2) is 7.16. The average molecular weight is 300 g/mol. The smallest absolute Gasteiger partial charge is 0.367 e. The molecule has 1 N–H and O–H groups in total. The molecule has 0 spiro atoms. The van der Waals surface area contributed by atoms with E-state index >= 15 is 0 Å². The summed E-state index contributed by atoms with van der Waals surface area (Å²) in [7, 11) is 0. The van der Waals surface area contributed by atoms with E-state index in [4.69, 9.17) is 0 Å². The van der Waals surface area contributed by atoms with Crippen molar-refractivity contribution in [2.45, 2.75) is 44.8 Å². The summed E-state index contributed by atoms with van der Waals surface area (Å²) in [6.07, 6.45) is 0.216. The third kappa shape index (κ3) is 4.37. The van der Waals surface area contributed by atoms with Crippen molar-refractivity contribution < 1.29 is 13.2 Å². The molecule has 0 amide bonds. The molecule has 0 aliphatic carbocycles. The van der Waals surface area contributed by atoms with Crippen LogP contribution in [0.2, 0.25) is 0 Å². The van der Waals surface area contributed by atoms with Gasteiger partial charge in [0.1, 0.15) is 0 Å². The molecule has 1 heterocycles. The number of benzene rings is 1. The molecule has 0 bridgehead atoms. The summed E-state index contributed by atoms with van der Waals surface area (Å²) >= 11 is 0. The summed E-state index contributed by atoms with van der Waals surface area (Å²) in [4.78, 5) is 2.24. The number of anilines is 1. The molecule has 0 radical (unpaired) electrons. The first kappa shape index (κ1) is 16.1. The summed E-state index contributed by atoms with van der Waals surface area (Å²) in [6.45, 7) is 4.93. The highest BCUT2D eigenvalue weighted by Crippen LogP contribution is 2.32. The van der Waals surface area contributed by atoms with E-state index in [2.05, 4.69) is 17.1 Å². The Morgan fingerprint density at radius 2 is 1.90 bits per heavy atom. The average Bonchev–Trinajstić information content (AvgIpc) is 2.47. The van der Waals surface area contributed by atoms with E-state index in [-0.39, 0.29) is 0 Å². The Bertz CT molecular complexity index is 428. The van der Waals surface area contributed by atoms with E-state index in [9.17, 15) is 13.2 Å². The predicted molar refractivity (Wildman–Crippen MR) is 79.6 cm³/mol. The summed E-state index contributed by atoms with van der Waals surface area (Å²) in [5.41, 5.74) is 0.315. The van der Waals surface area contributed by atoms with Gasteiger partial charge in [0.25, 0.3) is 0 Å². The van der Waals surface area contributed by atoms with E-state index in [1.165, 1.54) is 18.6 Å². The Hall–Kier alpha value is -1.23. The van der Waals surface area contributed by atoms with Crippen LogP contribution in [0.25, 0.3) is 0 Å². The minimum absolute atomic E-state index is 0.377. The molecule has 1 saturated heterocycles. The Kier molecular flexibility index (Phi) is 5.51. The number of rotatable bonds is 5. The van der Waals surface area contributed by atoms with Gasteiger partial charge in [-0.2, -0.15) is 13.2 Å². The quantitative estimate of drug-likeness (QED) is 0.825. The van der Waals surface area contributed by atoms with Crippen molar-refractivity contribution in [3.8, 4) is 0 Å². The van der Waals surface area contributed by atoms with Crippen LogP contribution in [0, 0.1) is 0 Å². The topological polar surface area (TPSA) is 15.3 Å². The van der Waals surface area contributed by atoms with Crippen molar-refractivity contribution in [1.29, 1.82) is 0 Å². The number of alkyl halides is 3. The van der Waals surface area contributed by atoms with Crippen LogP contribution in [0.3, 0.4) is 0 Å². The van der Waals surface area contributed by atoms with Crippen molar-refractivity contribution in [3.63, 3.8) is 0 Å². The zero-order valence-corrected chi connectivity index (χ0v) is 12.4. The lowest BCUT2D eigenvalue weighted by Gasteiger charge is -2.38. The maximum Gasteiger partial charge on any atom is 0.416 e. The lowest BCUT2D eigenvalue weighted by atomic mass is 10.0. The molecule has 1 aliphatic heterocycles. The second-order valence-electron chi connectivity index (χ2n) is 5.59. The van der Waals surface area contributed by atoms with Gasteiger partial charge in [-0.25, -0.2) is 0 Å². The van der Waals surface area contributed by atoms with Gasteiger partial charge >= 0.3 is 6.18 Å². The zero-order chi connectivity index (χ0) is 15.3. The second-order valence-corrected chi connectivity index (χ2v) is 5.59. The van der Waals surface area contributed by atoms with Gasteiger partial charge in [0.15, 0.2) is 0 Å². The molecule has 2 nitrogen and oxygen atoms in total. The molecule has 1 atom stereocenters. The number of piperidine rings is 1. The van der Waals surface area contributed by atoms with E-state index in [1.54, 1.807) is 12.1 Å². The molecular formula is C16H23F3N2. The van der Waals surface area contributed by atoms with Gasteiger partial charge in [0, 0.05) is 24.8 Å². The van der Waals surface area contributed by atoms with Gasteiger partial charge in [0.2, 0.25) is 0 Å². The number of nitrogens with zero attached hydrogens (tertiary/aromatic N) is 1. The number of hydrogen-bond donors (Lipinski definition) is 1. The minimum atomic E-state index is -4.26. The number of halogens is 3. The molecule has 1 aromatic rings. The van der Waals surface area contributed by atoms with E-state index in [0.29, 0.717) is 6.04 Å². The van der Waals surface area contributed by atoms with Crippen molar-refractivity contribution >= 4 is 5.69 Å². The maximum absolute atomic E-state index is 12.6. The fourth-order valence-electron chi connectivity index (χ4n) is 2.84. The van der Waals surface area contributed by atoms with Gasteiger partial charge in [-0.05, 0) is 56.5 Å². The summed E-state index contributed by atoms with van der Waals surface area (Å²) in [5.74, 6) is 0. The maximum atomic E-state index is 12.6. The number of hydrogen-bond acceptors (Lipinski definition) is 2. The normalized spacial score (nSPS) is 19.8. The Labute approximate surface area is 124 Å². The van der Waals surface area contributed by atoms with Gasteiger partial charge in [-0.15, -0.1) is 0 Å². The van der Waals surface area contributed by atoms with E-state index in [0.717, 1.165) is 44.6 Å². The highest BCUT2D eigenvalue weighted by molar-refractivity contribution is 5.49. The monoisotopic (exact) mass is 300 g/mol. The third-order valence-electron chi connectivity index (χ3n) is 3.96. The van der Waals surface area contributed by atoms with Crippen LogP contribution in [0.4, 0.5) is 18.9 Å². The van der Waals surface area contributed by atoms with Crippen molar-refractivity contribution in [3.05, 3.63) is 29.8 Å². The first-order chi connectivity index (χ1) is 10.0. The molecule has 1 aliphatic rings. The molecule has 21 heavy (non-hydrogen) atoms. The number of nitrogens with one attached hydrogen (secondary N) is 1. The van der Waals surface area contributed by atoms with Gasteiger partial charge < -0.3 is 10.2 Å². The third-order valence-corrected chi connectivity index (χ3v) is 3.96. The summed E-state index contributed by atoms with van der Waals surface area (Å²) in [6, 6.07) is 5.94. The first-order valence-corrected chi connectivity index (χ1v) is 7.67. The Balaban J connectivity index is 2.06. The van der Waals surface area contributed by atoms with Crippen LogP contribution in [-0.2, 0) is 6.18 Å². The lowest BCUT2D eigenvalue weighted by Crippen LogP contribution is -2.45. The highest BCUT2D eigenvalue weighted by Gasteiger charge is 2.30. The highest BCUT2D eigenvalue weighted by atomic mass is 19.4.